The number of thiocarbonyl (C=S) groups is 1. The zero-order chi connectivity index (χ0) is 17.8. The van der Waals surface area contributed by atoms with Gasteiger partial charge in [-0.15, -0.1) is 0 Å². The van der Waals surface area contributed by atoms with Crippen LogP contribution in [0.2, 0.25) is 0 Å². The van der Waals surface area contributed by atoms with Gasteiger partial charge in [-0.05, 0) is 43.4 Å². The van der Waals surface area contributed by atoms with Crippen molar-refractivity contribution in [1.29, 1.82) is 0 Å². The number of fused-ring (bicyclic) bond motifs is 1. The minimum Gasteiger partial charge on any atom is -0.493 e. The van der Waals surface area contributed by atoms with E-state index in [0.717, 1.165) is 5.39 Å². The van der Waals surface area contributed by atoms with Crippen molar-refractivity contribution in [1.82, 2.24) is 5.43 Å². The number of furan rings is 1. The van der Waals surface area contributed by atoms with Crippen LogP contribution < -0.4 is 15.5 Å². The second kappa shape index (κ2) is 7.31. The van der Waals surface area contributed by atoms with E-state index in [9.17, 15) is 4.39 Å². The molecule has 0 fully saturated rings. The van der Waals surface area contributed by atoms with E-state index in [1.54, 1.807) is 32.2 Å². The Labute approximate surface area is 149 Å². The number of ether oxygens (including phenoxy) is 1. The topological polar surface area (TPSA) is 58.8 Å². The zero-order valence-corrected chi connectivity index (χ0v) is 14.5. The number of nitrogens with zero attached hydrogens (tertiary/aromatic N) is 1. The number of hydrogen-bond donors (Lipinski definition) is 2. The van der Waals surface area contributed by atoms with Gasteiger partial charge in [0.15, 0.2) is 22.2 Å². The van der Waals surface area contributed by atoms with E-state index in [-0.39, 0.29) is 10.8 Å². The molecule has 1 aromatic heterocycles. The summed E-state index contributed by atoms with van der Waals surface area (Å²) in [5.41, 5.74) is 4.21. The molecule has 2 N–H and O–H groups in total. The molecule has 5 nitrogen and oxygen atoms in total. The van der Waals surface area contributed by atoms with Crippen LogP contribution in [0.15, 0.2) is 58.0 Å². The molecule has 0 unspecified atom stereocenters. The molecule has 0 aliphatic carbocycles. The number of benzene rings is 2. The van der Waals surface area contributed by atoms with Crippen molar-refractivity contribution in [2.75, 3.05) is 12.4 Å². The maximum absolute atomic E-state index is 13.6. The van der Waals surface area contributed by atoms with Gasteiger partial charge >= 0.3 is 0 Å². The Balaban J connectivity index is 1.73. The molecule has 3 rings (SSSR count). The number of halogens is 1. The summed E-state index contributed by atoms with van der Waals surface area (Å²) in [6.45, 7) is 1.78. The lowest BCUT2D eigenvalue weighted by Crippen LogP contribution is -2.25. The average molecular weight is 357 g/mol. The molecule has 0 aliphatic rings. The number of nitrogens with one attached hydrogen (secondary N) is 2. The Bertz CT molecular complexity index is 952. The zero-order valence-electron chi connectivity index (χ0n) is 13.7. The molecular weight excluding hydrogens is 341 g/mol. The average Bonchev–Trinajstić information content (AvgIpc) is 3.06. The third-order valence-electron chi connectivity index (χ3n) is 3.53. The van der Waals surface area contributed by atoms with Crippen molar-refractivity contribution < 1.29 is 13.5 Å². The Kier molecular flexibility index (Phi) is 4.95. The van der Waals surface area contributed by atoms with Crippen molar-refractivity contribution >= 4 is 39.7 Å². The maximum Gasteiger partial charge on any atom is 0.191 e. The van der Waals surface area contributed by atoms with Crippen LogP contribution in [0, 0.1) is 5.82 Å². The third-order valence-corrected chi connectivity index (χ3v) is 3.73. The number of hydrogen-bond acceptors (Lipinski definition) is 4. The first-order valence-electron chi connectivity index (χ1n) is 7.51. The number of rotatable bonds is 4. The van der Waals surface area contributed by atoms with Crippen LogP contribution in [0.1, 0.15) is 12.7 Å². The van der Waals surface area contributed by atoms with E-state index in [1.807, 2.05) is 24.3 Å². The highest BCUT2D eigenvalue weighted by Gasteiger charge is 2.11. The van der Waals surface area contributed by atoms with Crippen molar-refractivity contribution in [3.05, 3.63) is 60.1 Å². The minimum absolute atomic E-state index is 0.179. The highest BCUT2D eigenvalue weighted by Crippen LogP contribution is 2.28. The standard InChI is InChI=1S/C18H16FN3O2S/c1-11(16-10-12-6-5-9-15(23-2)17(12)24-16)21-22-18(25)20-14-8-4-3-7-13(14)19/h3-10H,1-2H3,(H2,20,22,25)/b21-11-. The van der Waals surface area contributed by atoms with Crippen LogP contribution in [-0.4, -0.2) is 17.9 Å². The Morgan fingerprint density at radius 1 is 1.20 bits per heavy atom. The van der Waals surface area contributed by atoms with Crippen LogP contribution >= 0.6 is 12.2 Å². The van der Waals surface area contributed by atoms with Crippen LogP contribution in [0.3, 0.4) is 0 Å². The fraction of sp³-hybridized carbons (Fsp3) is 0.111. The van der Waals surface area contributed by atoms with Gasteiger partial charge in [0.2, 0.25) is 0 Å². The van der Waals surface area contributed by atoms with Crippen molar-refractivity contribution in [2.45, 2.75) is 6.92 Å². The molecule has 7 heteroatoms. The molecule has 3 aromatic rings. The summed E-state index contributed by atoms with van der Waals surface area (Å²) in [4.78, 5) is 0. The monoisotopic (exact) mass is 357 g/mol. The highest BCUT2D eigenvalue weighted by molar-refractivity contribution is 7.80. The summed E-state index contributed by atoms with van der Waals surface area (Å²) < 4.78 is 24.7. The first-order valence-corrected chi connectivity index (χ1v) is 7.92. The molecule has 0 atom stereocenters. The van der Waals surface area contributed by atoms with E-state index in [4.69, 9.17) is 21.4 Å². The quantitative estimate of drug-likeness (QED) is 0.414. The molecule has 0 bridgehead atoms. The Morgan fingerprint density at radius 2 is 2.00 bits per heavy atom. The van der Waals surface area contributed by atoms with Gasteiger partial charge in [-0.25, -0.2) is 4.39 Å². The molecule has 0 saturated heterocycles. The summed E-state index contributed by atoms with van der Waals surface area (Å²) in [5.74, 6) is 0.846. The summed E-state index contributed by atoms with van der Waals surface area (Å²) in [6.07, 6.45) is 0. The first-order chi connectivity index (χ1) is 12.1. The Hall–Kier alpha value is -2.93. The number of para-hydroxylation sites is 2. The molecular formula is C18H16FN3O2S. The highest BCUT2D eigenvalue weighted by atomic mass is 32.1. The van der Waals surface area contributed by atoms with Gasteiger partial charge in [0, 0.05) is 5.39 Å². The summed E-state index contributed by atoms with van der Waals surface area (Å²) >= 11 is 5.12. The SMILES string of the molecule is COc1cccc2cc(/C(C)=N\NC(=S)Nc3ccccc3F)oc12. The maximum atomic E-state index is 13.6. The molecule has 0 saturated carbocycles. The largest absolute Gasteiger partial charge is 0.493 e. The van der Waals surface area contributed by atoms with Gasteiger partial charge in [0.1, 0.15) is 11.5 Å². The van der Waals surface area contributed by atoms with Crippen LogP contribution in [0.5, 0.6) is 5.75 Å². The lowest BCUT2D eigenvalue weighted by molar-refractivity contribution is 0.410. The predicted molar refractivity (Wildman–Crippen MR) is 101 cm³/mol. The first kappa shape index (κ1) is 16.9. The Morgan fingerprint density at radius 3 is 2.76 bits per heavy atom. The number of anilines is 1. The molecule has 0 radical (unpaired) electrons. The normalized spacial score (nSPS) is 11.4. The molecule has 128 valence electrons. The fourth-order valence-electron chi connectivity index (χ4n) is 2.28. The van der Waals surface area contributed by atoms with Gasteiger partial charge < -0.3 is 14.5 Å². The molecule has 0 amide bonds. The van der Waals surface area contributed by atoms with Gasteiger partial charge in [-0.3, -0.25) is 5.43 Å². The smallest absolute Gasteiger partial charge is 0.191 e. The molecule has 0 spiro atoms. The predicted octanol–water partition coefficient (Wildman–Crippen LogP) is 4.29. The van der Waals surface area contributed by atoms with Crippen molar-refractivity contribution in [3.8, 4) is 5.75 Å². The van der Waals surface area contributed by atoms with Gasteiger partial charge in [0.05, 0.1) is 12.8 Å². The lowest BCUT2D eigenvalue weighted by atomic mass is 10.2. The van der Waals surface area contributed by atoms with E-state index >= 15 is 0 Å². The molecule has 0 aliphatic heterocycles. The molecule has 1 heterocycles. The fourth-order valence-corrected chi connectivity index (χ4v) is 2.43. The summed E-state index contributed by atoms with van der Waals surface area (Å²) in [7, 11) is 1.59. The number of hydrazone groups is 1. The van der Waals surface area contributed by atoms with E-state index in [1.165, 1.54) is 6.07 Å². The second-order valence-corrected chi connectivity index (χ2v) is 5.64. The van der Waals surface area contributed by atoms with Crippen LogP contribution in [0.4, 0.5) is 10.1 Å². The van der Waals surface area contributed by atoms with E-state index < -0.39 is 5.82 Å². The van der Waals surface area contributed by atoms with Crippen molar-refractivity contribution in [2.24, 2.45) is 5.10 Å². The molecule has 25 heavy (non-hydrogen) atoms. The third kappa shape index (κ3) is 3.77. The lowest BCUT2D eigenvalue weighted by Gasteiger charge is -2.08. The van der Waals surface area contributed by atoms with Crippen molar-refractivity contribution in [3.63, 3.8) is 0 Å². The van der Waals surface area contributed by atoms with Gasteiger partial charge in [-0.2, -0.15) is 5.10 Å². The molecule has 2 aromatic carbocycles. The van der Waals surface area contributed by atoms with Crippen LogP contribution in [0.25, 0.3) is 11.0 Å². The van der Waals surface area contributed by atoms with Gasteiger partial charge in [-0.1, -0.05) is 24.3 Å². The number of methoxy groups -OCH3 is 1. The van der Waals surface area contributed by atoms with E-state index in [0.29, 0.717) is 22.8 Å². The van der Waals surface area contributed by atoms with Crippen LogP contribution in [-0.2, 0) is 0 Å². The summed E-state index contributed by atoms with van der Waals surface area (Å²) in [5, 5.41) is 8.02. The second-order valence-electron chi connectivity index (χ2n) is 5.23. The minimum atomic E-state index is -0.392. The van der Waals surface area contributed by atoms with Gasteiger partial charge in [0.25, 0.3) is 0 Å². The summed E-state index contributed by atoms with van der Waals surface area (Å²) in [6, 6.07) is 13.8. The van der Waals surface area contributed by atoms with E-state index in [2.05, 4.69) is 15.8 Å².